The van der Waals surface area contributed by atoms with Crippen molar-refractivity contribution in [1.82, 2.24) is 0 Å². The van der Waals surface area contributed by atoms with Crippen molar-refractivity contribution in [2.75, 3.05) is 0 Å². The maximum atomic E-state index is 11.2. The molecule has 132 valence electrons. The van der Waals surface area contributed by atoms with Crippen molar-refractivity contribution in [3.63, 3.8) is 0 Å². The highest BCUT2D eigenvalue weighted by molar-refractivity contribution is 5.77. The van der Waals surface area contributed by atoms with Crippen molar-refractivity contribution >= 4 is 23.9 Å². The van der Waals surface area contributed by atoms with E-state index >= 15 is 0 Å². The van der Waals surface area contributed by atoms with Gasteiger partial charge in [-0.05, 0) is 0 Å². The Morgan fingerprint density at radius 3 is 1.04 bits per heavy atom. The van der Waals surface area contributed by atoms with Crippen molar-refractivity contribution < 1.29 is 39.6 Å². The minimum atomic E-state index is -2.58. The predicted octanol–water partition coefficient (Wildman–Crippen LogP) is -2.90. The second kappa shape index (κ2) is 6.87. The Hall–Kier alpha value is -2.28. The summed E-state index contributed by atoms with van der Waals surface area (Å²) >= 11 is 0. The molecule has 0 aliphatic heterocycles. The molecule has 0 bridgehead atoms. The van der Waals surface area contributed by atoms with Crippen LogP contribution in [0.15, 0.2) is 0 Å². The first kappa shape index (κ1) is 20.7. The van der Waals surface area contributed by atoms with Gasteiger partial charge < -0.3 is 43.4 Å². The smallest absolute Gasteiger partial charge is 0.305 e. The molecule has 0 heterocycles. The summed E-state index contributed by atoms with van der Waals surface area (Å²) in [4.78, 5) is 44.4. The number of hydrogen-bond acceptors (Lipinski definition) is 8. The van der Waals surface area contributed by atoms with Gasteiger partial charge in [0.05, 0.1) is 31.1 Å². The van der Waals surface area contributed by atoms with E-state index in [-0.39, 0.29) is 0 Å². The summed E-state index contributed by atoms with van der Waals surface area (Å²) in [5, 5.41) is 36.0. The van der Waals surface area contributed by atoms with Gasteiger partial charge in [-0.2, -0.15) is 0 Å². The molecule has 0 unspecified atom stereocenters. The van der Waals surface area contributed by atoms with Crippen molar-refractivity contribution in [2.45, 2.75) is 37.0 Å². The molecule has 0 aromatic rings. The second-order valence-electron chi connectivity index (χ2n) is 5.45. The van der Waals surface area contributed by atoms with Gasteiger partial charge in [0.25, 0.3) is 0 Å². The quantitative estimate of drug-likeness (QED) is 0.187. The molecule has 0 amide bonds. The molecule has 0 aromatic heterocycles. The predicted molar refractivity (Wildman–Crippen MR) is 73.7 cm³/mol. The largest absolute Gasteiger partial charge is 0.481 e. The van der Waals surface area contributed by atoms with E-state index in [9.17, 15) is 19.2 Å². The molecular weight excluding hydrogens is 316 g/mol. The molecule has 0 aliphatic rings. The number of nitrogens with two attached hydrogens (primary N) is 4. The number of carboxylic acid groups (broad SMARTS) is 4. The molecule has 0 spiro atoms. The summed E-state index contributed by atoms with van der Waals surface area (Å²) in [5.41, 5.74) is 17.5. The monoisotopic (exact) mass is 336 g/mol. The van der Waals surface area contributed by atoms with Gasteiger partial charge in [0.2, 0.25) is 0 Å². The highest BCUT2D eigenvalue weighted by Gasteiger charge is 2.61. The highest BCUT2D eigenvalue weighted by atomic mass is 16.4. The lowest BCUT2D eigenvalue weighted by Gasteiger charge is -2.52. The normalized spacial score (nSPS) is 12.7. The van der Waals surface area contributed by atoms with Crippen LogP contribution in [0.2, 0.25) is 0 Å². The van der Waals surface area contributed by atoms with Crippen LogP contribution in [0.3, 0.4) is 0 Å². The van der Waals surface area contributed by atoms with Gasteiger partial charge in [-0.25, -0.2) is 0 Å². The molecule has 0 aromatic carbocycles. The number of hydrogen-bond donors (Lipinski definition) is 8. The molecule has 12 nitrogen and oxygen atoms in total. The molecule has 0 saturated heterocycles. The minimum Gasteiger partial charge on any atom is -0.481 e. The van der Waals surface area contributed by atoms with Gasteiger partial charge in [0.1, 0.15) is 5.79 Å². The molecule has 0 fully saturated rings. The Kier molecular flexibility index (Phi) is 6.19. The fourth-order valence-electron chi connectivity index (χ4n) is 2.61. The van der Waals surface area contributed by atoms with Crippen LogP contribution in [-0.2, 0) is 19.2 Å². The first-order chi connectivity index (χ1) is 10.2. The summed E-state index contributed by atoms with van der Waals surface area (Å²) in [5.74, 6) is -9.02. The number of aliphatic carboxylic acids is 4. The second-order valence-corrected chi connectivity index (χ2v) is 5.45. The zero-order valence-corrected chi connectivity index (χ0v) is 12.1. The van der Waals surface area contributed by atoms with Crippen LogP contribution in [-0.4, -0.2) is 55.6 Å². The molecule has 0 saturated carbocycles. The van der Waals surface area contributed by atoms with Crippen LogP contribution < -0.4 is 22.9 Å². The third-order valence-corrected chi connectivity index (χ3v) is 3.62. The lowest BCUT2D eigenvalue weighted by molar-refractivity contribution is -0.159. The molecule has 0 aliphatic carbocycles. The van der Waals surface area contributed by atoms with Gasteiger partial charge in [-0.1, -0.05) is 0 Å². The summed E-state index contributed by atoms with van der Waals surface area (Å²) in [7, 11) is 0. The molecule has 23 heavy (non-hydrogen) atoms. The summed E-state index contributed by atoms with van der Waals surface area (Å²) in [6, 6.07) is 0. The van der Waals surface area contributed by atoms with E-state index < -0.39 is 66.3 Å². The van der Waals surface area contributed by atoms with Crippen LogP contribution in [0.4, 0.5) is 0 Å². The number of rotatable bonds is 10. The van der Waals surface area contributed by atoms with Crippen LogP contribution in [0.5, 0.6) is 0 Å². The third kappa shape index (κ3) is 4.85. The van der Waals surface area contributed by atoms with Crippen LogP contribution in [0, 0.1) is 5.41 Å². The topological polar surface area (TPSA) is 253 Å². The molecule has 12 heteroatoms. The zero-order valence-electron chi connectivity index (χ0n) is 12.1. The first-order valence-corrected chi connectivity index (χ1v) is 6.19. The maximum absolute atomic E-state index is 11.2. The lowest BCUT2D eigenvalue weighted by Crippen LogP contribution is -2.79. The Morgan fingerprint density at radius 1 is 0.609 bits per heavy atom. The molecule has 0 atom stereocenters. The van der Waals surface area contributed by atoms with E-state index in [1.807, 2.05) is 0 Å². The fourth-order valence-corrected chi connectivity index (χ4v) is 2.61. The maximum Gasteiger partial charge on any atom is 0.305 e. The van der Waals surface area contributed by atoms with E-state index in [0.717, 1.165) is 0 Å². The van der Waals surface area contributed by atoms with Crippen LogP contribution >= 0.6 is 0 Å². The highest BCUT2D eigenvalue weighted by Crippen LogP contribution is 2.45. The van der Waals surface area contributed by atoms with E-state index in [2.05, 4.69) is 0 Å². The van der Waals surface area contributed by atoms with Gasteiger partial charge in [-0.15, -0.1) is 0 Å². The Bertz CT molecular complexity index is 481. The number of carbonyl (C=O) groups is 4. The first-order valence-electron chi connectivity index (χ1n) is 6.19. The SMILES string of the molecule is NC(N)(N)C(CC(=O)O)(CC(=O)O)C(N)(CC(=O)O)CC(=O)O. The van der Waals surface area contributed by atoms with Crippen LogP contribution in [0.25, 0.3) is 0 Å². The van der Waals surface area contributed by atoms with Crippen molar-refractivity contribution in [3.8, 4) is 0 Å². The van der Waals surface area contributed by atoms with E-state index in [1.54, 1.807) is 0 Å². The summed E-state index contributed by atoms with van der Waals surface area (Å²) in [6.45, 7) is 0. The lowest BCUT2D eigenvalue weighted by atomic mass is 9.58. The van der Waals surface area contributed by atoms with Crippen molar-refractivity contribution in [1.29, 1.82) is 0 Å². The van der Waals surface area contributed by atoms with Gasteiger partial charge in [0.15, 0.2) is 0 Å². The fraction of sp³-hybridized carbons (Fsp3) is 0.636. The molecule has 12 N–H and O–H groups in total. The van der Waals surface area contributed by atoms with Crippen molar-refractivity contribution in [2.24, 2.45) is 28.3 Å². The average molecular weight is 336 g/mol. The summed E-state index contributed by atoms with van der Waals surface area (Å²) < 4.78 is 0. The van der Waals surface area contributed by atoms with Crippen molar-refractivity contribution in [3.05, 3.63) is 0 Å². The van der Waals surface area contributed by atoms with E-state index in [0.29, 0.717) is 0 Å². The Labute approximate surface area is 130 Å². The van der Waals surface area contributed by atoms with Crippen LogP contribution in [0.1, 0.15) is 25.7 Å². The standard InChI is InChI=1S/C11H20N4O8/c12-10(3-7(20)21,4-8(22)23)9(1-5(16)17,2-6(18)19)11(13,14)15/h1-4,12-15H2,(H,16,17)(H,18,19)(H,20,21)(H,22,23). The summed E-state index contributed by atoms with van der Waals surface area (Å²) in [6.07, 6.45) is -4.49. The molecular formula is C11H20N4O8. The van der Waals surface area contributed by atoms with Gasteiger partial charge in [0, 0.05) is 5.54 Å². The average Bonchev–Trinajstić information content (AvgIpc) is 2.21. The minimum absolute atomic E-state index is 1.10. The molecule has 0 radical (unpaired) electrons. The van der Waals surface area contributed by atoms with E-state index in [4.69, 9.17) is 43.4 Å². The molecule has 0 rings (SSSR count). The van der Waals surface area contributed by atoms with Gasteiger partial charge in [-0.3, -0.25) is 19.2 Å². The zero-order chi connectivity index (χ0) is 18.6. The number of carboxylic acids is 4. The third-order valence-electron chi connectivity index (χ3n) is 3.62. The Morgan fingerprint density at radius 2 is 0.870 bits per heavy atom. The van der Waals surface area contributed by atoms with Gasteiger partial charge >= 0.3 is 23.9 Å². The Balaban J connectivity index is 6.48. The van der Waals surface area contributed by atoms with E-state index in [1.165, 1.54) is 0 Å².